The topological polar surface area (TPSA) is 24.9 Å². The number of aromatic nitrogens is 1. The minimum absolute atomic E-state index is 0.0169. The molecule has 0 spiro atoms. The molecule has 0 bridgehead atoms. The molecule has 0 aromatic carbocycles. The van der Waals surface area contributed by atoms with Crippen LogP contribution in [0.3, 0.4) is 0 Å². The van der Waals surface area contributed by atoms with Gasteiger partial charge in [0.15, 0.2) is 0 Å². The highest BCUT2D eigenvalue weighted by molar-refractivity contribution is 7.10. The summed E-state index contributed by atoms with van der Waals surface area (Å²) in [5.41, 5.74) is 2.07. The number of hydrogen-bond acceptors (Lipinski definition) is 3. The van der Waals surface area contributed by atoms with Crippen LogP contribution in [0.4, 0.5) is 4.39 Å². The Kier molecular flexibility index (Phi) is 3.31. The molecule has 1 unspecified atom stereocenters. The largest absolute Gasteiger partial charge is 0.309 e. The van der Waals surface area contributed by atoms with Gasteiger partial charge in [0.2, 0.25) is 0 Å². The number of aryl methyl sites for hydroxylation is 1. The lowest BCUT2D eigenvalue weighted by Crippen LogP contribution is -2.17. The third-order valence-corrected chi connectivity index (χ3v) is 3.60. The number of thiophene rings is 1. The molecule has 1 N–H and O–H groups in total. The predicted octanol–water partition coefficient (Wildman–Crippen LogP) is 2.90. The summed E-state index contributed by atoms with van der Waals surface area (Å²) in [6.07, 6.45) is 2.92. The summed E-state index contributed by atoms with van der Waals surface area (Å²) in [7, 11) is 1.87. The van der Waals surface area contributed by atoms with E-state index in [4.69, 9.17) is 0 Å². The van der Waals surface area contributed by atoms with Gasteiger partial charge in [0.05, 0.1) is 12.2 Å². The molecule has 2 aromatic rings. The van der Waals surface area contributed by atoms with Gasteiger partial charge in [-0.25, -0.2) is 4.39 Å². The van der Waals surface area contributed by atoms with E-state index in [2.05, 4.69) is 23.3 Å². The fourth-order valence-corrected chi connectivity index (χ4v) is 2.78. The molecule has 0 amide bonds. The van der Waals surface area contributed by atoms with Crippen molar-refractivity contribution in [2.45, 2.75) is 13.0 Å². The van der Waals surface area contributed by atoms with Crippen molar-refractivity contribution in [3.05, 3.63) is 51.7 Å². The van der Waals surface area contributed by atoms with Crippen LogP contribution in [0.1, 0.15) is 22.0 Å². The Balaban J connectivity index is 2.40. The smallest absolute Gasteiger partial charge is 0.141 e. The average Bonchev–Trinajstić information content (AvgIpc) is 2.67. The summed E-state index contributed by atoms with van der Waals surface area (Å²) in [5, 5.41) is 5.24. The molecule has 0 saturated carbocycles. The van der Waals surface area contributed by atoms with E-state index in [1.165, 1.54) is 22.7 Å². The van der Waals surface area contributed by atoms with E-state index in [1.807, 2.05) is 12.4 Å². The molecular formula is C12H13FN2S. The van der Waals surface area contributed by atoms with Crippen molar-refractivity contribution in [3.8, 4) is 0 Å². The average molecular weight is 236 g/mol. The maximum absolute atomic E-state index is 13.1. The molecule has 2 aromatic heterocycles. The van der Waals surface area contributed by atoms with Gasteiger partial charge in [-0.1, -0.05) is 0 Å². The zero-order valence-electron chi connectivity index (χ0n) is 9.20. The predicted molar refractivity (Wildman–Crippen MR) is 64.2 cm³/mol. The summed E-state index contributed by atoms with van der Waals surface area (Å²) in [6, 6.07) is 3.60. The molecular weight excluding hydrogens is 223 g/mol. The first-order chi connectivity index (χ1) is 7.72. The zero-order valence-corrected chi connectivity index (χ0v) is 10.0. The highest BCUT2D eigenvalue weighted by atomic mass is 32.1. The number of halogens is 1. The van der Waals surface area contributed by atoms with Crippen molar-refractivity contribution in [2.75, 3.05) is 7.05 Å². The first-order valence-corrected chi connectivity index (χ1v) is 5.92. The lowest BCUT2D eigenvalue weighted by molar-refractivity contribution is 0.609. The molecule has 0 fully saturated rings. The Hall–Kier alpha value is -1.26. The van der Waals surface area contributed by atoms with Gasteiger partial charge in [-0.3, -0.25) is 4.98 Å². The van der Waals surface area contributed by atoms with Crippen LogP contribution >= 0.6 is 11.3 Å². The van der Waals surface area contributed by atoms with Crippen LogP contribution in [0.25, 0.3) is 0 Å². The van der Waals surface area contributed by atoms with E-state index in [-0.39, 0.29) is 11.9 Å². The lowest BCUT2D eigenvalue weighted by atomic mass is 10.1. The number of nitrogens with zero attached hydrogens (tertiary/aromatic N) is 1. The SMILES string of the molecule is CNC(c1cncc(F)c1)c1sccc1C. The van der Waals surface area contributed by atoms with Crippen LogP contribution in [0.5, 0.6) is 0 Å². The number of hydrogen-bond donors (Lipinski definition) is 1. The number of pyridine rings is 1. The molecule has 0 aliphatic rings. The van der Waals surface area contributed by atoms with E-state index in [0.29, 0.717) is 0 Å². The summed E-state index contributed by atoms with van der Waals surface area (Å²) in [5.74, 6) is -0.299. The van der Waals surface area contributed by atoms with E-state index in [0.717, 1.165) is 5.56 Å². The van der Waals surface area contributed by atoms with Crippen LogP contribution in [0.15, 0.2) is 29.9 Å². The second-order valence-corrected chi connectivity index (χ2v) is 4.57. The third kappa shape index (κ3) is 2.13. The third-order valence-electron chi connectivity index (χ3n) is 2.51. The Labute approximate surface area is 98.2 Å². The quantitative estimate of drug-likeness (QED) is 0.886. The molecule has 0 saturated heterocycles. The standard InChI is InChI=1S/C12H13FN2S/c1-8-3-4-16-12(8)11(14-2)9-5-10(13)7-15-6-9/h3-7,11,14H,1-2H3. The van der Waals surface area contributed by atoms with E-state index >= 15 is 0 Å². The van der Waals surface area contributed by atoms with E-state index in [9.17, 15) is 4.39 Å². The summed E-state index contributed by atoms with van der Waals surface area (Å²) < 4.78 is 13.1. The van der Waals surface area contributed by atoms with Crippen LogP contribution in [0, 0.1) is 12.7 Å². The van der Waals surface area contributed by atoms with Gasteiger partial charge < -0.3 is 5.32 Å². The van der Waals surface area contributed by atoms with Crippen LogP contribution in [-0.4, -0.2) is 12.0 Å². The van der Waals surface area contributed by atoms with Gasteiger partial charge in [-0.15, -0.1) is 11.3 Å². The maximum atomic E-state index is 13.1. The van der Waals surface area contributed by atoms with Crippen molar-refractivity contribution < 1.29 is 4.39 Å². The number of nitrogens with one attached hydrogen (secondary N) is 1. The van der Waals surface area contributed by atoms with Crippen molar-refractivity contribution in [3.63, 3.8) is 0 Å². The lowest BCUT2D eigenvalue weighted by Gasteiger charge is -2.15. The molecule has 2 rings (SSSR count). The Morgan fingerprint density at radius 3 is 2.81 bits per heavy atom. The van der Waals surface area contributed by atoms with Crippen molar-refractivity contribution in [1.29, 1.82) is 0 Å². The Morgan fingerprint density at radius 2 is 2.25 bits per heavy atom. The van der Waals surface area contributed by atoms with Crippen molar-refractivity contribution in [2.24, 2.45) is 0 Å². The van der Waals surface area contributed by atoms with Gasteiger partial charge in [0, 0.05) is 11.1 Å². The molecule has 16 heavy (non-hydrogen) atoms. The first kappa shape index (κ1) is 11.2. The fraction of sp³-hybridized carbons (Fsp3) is 0.250. The van der Waals surface area contributed by atoms with E-state index < -0.39 is 0 Å². The maximum Gasteiger partial charge on any atom is 0.141 e. The normalized spacial score (nSPS) is 12.7. The van der Waals surface area contributed by atoms with Crippen LogP contribution in [0.2, 0.25) is 0 Å². The highest BCUT2D eigenvalue weighted by Crippen LogP contribution is 2.28. The molecule has 0 aliphatic heterocycles. The summed E-state index contributed by atoms with van der Waals surface area (Å²) >= 11 is 1.67. The summed E-state index contributed by atoms with van der Waals surface area (Å²) in [4.78, 5) is 5.09. The molecule has 2 nitrogen and oxygen atoms in total. The second kappa shape index (κ2) is 4.72. The molecule has 0 radical (unpaired) electrons. The molecule has 84 valence electrons. The van der Waals surface area contributed by atoms with Gasteiger partial charge in [0.1, 0.15) is 5.82 Å². The molecule has 2 heterocycles. The monoisotopic (exact) mass is 236 g/mol. The van der Waals surface area contributed by atoms with Gasteiger partial charge in [0.25, 0.3) is 0 Å². The van der Waals surface area contributed by atoms with Gasteiger partial charge >= 0.3 is 0 Å². The minimum atomic E-state index is -0.299. The Bertz CT molecular complexity index is 481. The van der Waals surface area contributed by atoms with Gasteiger partial charge in [-0.2, -0.15) is 0 Å². The first-order valence-electron chi connectivity index (χ1n) is 5.04. The molecule has 4 heteroatoms. The fourth-order valence-electron chi connectivity index (χ4n) is 1.72. The van der Waals surface area contributed by atoms with Crippen LogP contribution < -0.4 is 5.32 Å². The Morgan fingerprint density at radius 1 is 1.44 bits per heavy atom. The van der Waals surface area contributed by atoms with Gasteiger partial charge in [-0.05, 0) is 42.6 Å². The van der Waals surface area contributed by atoms with Crippen LogP contribution in [-0.2, 0) is 0 Å². The van der Waals surface area contributed by atoms with E-state index in [1.54, 1.807) is 17.5 Å². The number of rotatable bonds is 3. The second-order valence-electron chi connectivity index (χ2n) is 3.63. The van der Waals surface area contributed by atoms with Crippen molar-refractivity contribution >= 4 is 11.3 Å². The van der Waals surface area contributed by atoms with Crippen molar-refractivity contribution in [1.82, 2.24) is 10.3 Å². The molecule has 0 aliphatic carbocycles. The summed E-state index contributed by atoms with van der Waals surface area (Å²) in [6.45, 7) is 2.06. The highest BCUT2D eigenvalue weighted by Gasteiger charge is 2.16. The minimum Gasteiger partial charge on any atom is -0.309 e. The molecule has 1 atom stereocenters. The zero-order chi connectivity index (χ0) is 11.5.